The van der Waals surface area contributed by atoms with E-state index in [1.54, 1.807) is 0 Å². The van der Waals surface area contributed by atoms with Crippen molar-refractivity contribution in [1.82, 2.24) is 20.1 Å². The van der Waals surface area contributed by atoms with Gasteiger partial charge in [-0.2, -0.15) is 0 Å². The van der Waals surface area contributed by atoms with Gasteiger partial charge in [0.25, 0.3) is 0 Å². The monoisotopic (exact) mass is 495 g/mol. The minimum absolute atomic E-state index is 0.188. The molecule has 7 heteroatoms. The van der Waals surface area contributed by atoms with Crippen LogP contribution < -0.4 is 10.2 Å². The lowest BCUT2D eigenvalue weighted by molar-refractivity contribution is -0.124. The fraction of sp³-hybridized carbons (Fsp3) is 0.571. The molecular formula is C28H38ClN5O. The van der Waals surface area contributed by atoms with Crippen LogP contribution in [0.4, 0.5) is 5.82 Å². The number of nitrogens with one attached hydrogen (secondary N) is 1. The quantitative estimate of drug-likeness (QED) is 0.600. The van der Waals surface area contributed by atoms with Crippen molar-refractivity contribution in [3.05, 3.63) is 59.2 Å². The number of piperazine rings is 1. The molecule has 6 nitrogen and oxygen atoms in total. The molecule has 0 spiro atoms. The number of hydrogen-bond donors (Lipinski definition) is 1. The highest BCUT2D eigenvalue weighted by atomic mass is 35.5. The molecule has 1 N–H and O–H groups in total. The second kappa shape index (κ2) is 11.3. The van der Waals surface area contributed by atoms with Gasteiger partial charge < -0.3 is 10.2 Å². The zero-order chi connectivity index (χ0) is 24.2. The highest BCUT2D eigenvalue weighted by Gasteiger charge is 2.38. The van der Waals surface area contributed by atoms with Crippen molar-refractivity contribution in [2.45, 2.75) is 69.6 Å². The third-order valence-corrected chi connectivity index (χ3v) is 8.16. The van der Waals surface area contributed by atoms with E-state index in [4.69, 9.17) is 11.6 Å². The Morgan fingerprint density at radius 3 is 2.46 bits per heavy atom. The number of carbonyl (C=O) groups is 1. The van der Waals surface area contributed by atoms with Crippen LogP contribution in [0.5, 0.6) is 0 Å². The molecule has 1 amide bonds. The maximum absolute atomic E-state index is 12.7. The number of rotatable bonds is 8. The van der Waals surface area contributed by atoms with Crippen LogP contribution in [0.15, 0.2) is 48.7 Å². The minimum atomic E-state index is 0.188. The average molecular weight is 496 g/mol. The van der Waals surface area contributed by atoms with Crippen LogP contribution in [0.2, 0.25) is 5.02 Å². The van der Waals surface area contributed by atoms with Crippen molar-refractivity contribution >= 4 is 23.3 Å². The Morgan fingerprint density at radius 2 is 1.80 bits per heavy atom. The second-order valence-corrected chi connectivity index (χ2v) is 10.9. The number of hydrogen-bond acceptors (Lipinski definition) is 5. The van der Waals surface area contributed by atoms with E-state index in [1.807, 2.05) is 24.4 Å². The van der Waals surface area contributed by atoms with Crippen LogP contribution in [0, 0.1) is 0 Å². The lowest BCUT2D eigenvalue weighted by atomic mass is 9.93. The van der Waals surface area contributed by atoms with Gasteiger partial charge in [-0.15, -0.1) is 0 Å². The van der Waals surface area contributed by atoms with Crippen LogP contribution >= 0.6 is 11.6 Å². The molecule has 3 aliphatic rings. The number of aromatic nitrogens is 1. The normalized spacial score (nSPS) is 24.5. The zero-order valence-corrected chi connectivity index (χ0v) is 21.5. The summed E-state index contributed by atoms with van der Waals surface area (Å²) in [5.74, 6) is 1.27. The summed E-state index contributed by atoms with van der Waals surface area (Å²) in [6.45, 7) is 6.81. The van der Waals surface area contributed by atoms with E-state index in [2.05, 4.69) is 56.2 Å². The van der Waals surface area contributed by atoms with E-state index in [0.29, 0.717) is 30.7 Å². The van der Waals surface area contributed by atoms with Gasteiger partial charge in [-0.1, -0.05) is 36.7 Å². The second-order valence-electron chi connectivity index (χ2n) is 10.4. The Bertz CT molecular complexity index is 959. The first-order valence-corrected chi connectivity index (χ1v) is 13.7. The van der Waals surface area contributed by atoms with E-state index in [-0.39, 0.29) is 5.91 Å². The molecule has 0 bridgehead atoms. The molecule has 5 rings (SSSR count). The molecule has 35 heavy (non-hydrogen) atoms. The van der Waals surface area contributed by atoms with Crippen molar-refractivity contribution in [3.8, 4) is 0 Å². The van der Waals surface area contributed by atoms with Gasteiger partial charge >= 0.3 is 0 Å². The number of anilines is 1. The van der Waals surface area contributed by atoms with E-state index in [9.17, 15) is 4.79 Å². The number of amides is 1. The van der Waals surface area contributed by atoms with Gasteiger partial charge in [0.2, 0.25) is 5.91 Å². The van der Waals surface area contributed by atoms with Gasteiger partial charge in [0, 0.05) is 61.6 Å². The third-order valence-electron chi connectivity index (χ3n) is 7.90. The molecule has 1 aromatic heterocycles. The highest BCUT2D eigenvalue weighted by Crippen LogP contribution is 2.29. The SMILES string of the molecule is CC[C@H]1CN(C2CCN(c3ccccn3)CC2)[C@@H](Cc2ccc(Cl)cc2)CN1CC(=O)NC1CC1. The molecule has 3 fully saturated rings. The molecular weight excluding hydrogens is 458 g/mol. The first kappa shape index (κ1) is 24.5. The Kier molecular flexibility index (Phi) is 7.91. The first-order valence-electron chi connectivity index (χ1n) is 13.3. The molecule has 3 heterocycles. The summed E-state index contributed by atoms with van der Waals surface area (Å²) < 4.78 is 0. The van der Waals surface area contributed by atoms with Gasteiger partial charge in [0.1, 0.15) is 5.82 Å². The van der Waals surface area contributed by atoms with Crippen molar-refractivity contribution < 1.29 is 4.79 Å². The van der Waals surface area contributed by atoms with E-state index >= 15 is 0 Å². The Morgan fingerprint density at radius 1 is 1.03 bits per heavy atom. The average Bonchev–Trinajstić information content (AvgIpc) is 3.70. The summed E-state index contributed by atoms with van der Waals surface area (Å²) in [4.78, 5) is 24.9. The largest absolute Gasteiger partial charge is 0.357 e. The third kappa shape index (κ3) is 6.35. The fourth-order valence-electron chi connectivity index (χ4n) is 5.79. The summed E-state index contributed by atoms with van der Waals surface area (Å²) in [6.07, 6.45) is 8.48. The van der Waals surface area contributed by atoms with Crippen molar-refractivity contribution in [3.63, 3.8) is 0 Å². The number of carbonyl (C=O) groups excluding carboxylic acids is 1. The van der Waals surface area contributed by atoms with Crippen LogP contribution in [0.3, 0.4) is 0 Å². The number of benzene rings is 1. The number of halogens is 1. The molecule has 1 aromatic carbocycles. The molecule has 1 saturated carbocycles. The Hall–Kier alpha value is -2.15. The lowest BCUT2D eigenvalue weighted by Gasteiger charge is -2.51. The van der Waals surface area contributed by atoms with Gasteiger partial charge in [-0.3, -0.25) is 14.6 Å². The minimum Gasteiger partial charge on any atom is -0.357 e. The molecule has 0 radical (unpaired) electrons. The van der Waals surface area contributed by atoms with Crippen molar-refractivity contribution in [2.24, 2.45) is 0 Å². The van der Waals surface area contributed by atoms with Gasteiger partial charge in [0.15, 0.2) is 0 Å². The van der Waals surface area contributed by atoms with Crippen molar-refractivity contribution in [1.29, 1.82) is 0 Å². The van der Waals surface area contributed by atoms with Gasteiger partial charge in [0.05, 0.1) is 6.54 Å². The molecule has 2 aromatic rings. The van der Waals surface area contributed by atoms with E-state index < -0.39 is 0 Å². The van der Waals surface area contributed by atoms with Gasteiger partial charge in [-0.05, 0) is 68.4 Å². The summed E-state index contributed by atoms with van der Waals surface area (Å²) in [5, 5.41) is 3.97. The summed E-state index contributed by atoms with van der Waals surface area (Å²) >= 11 is 6.16. The standard InChI is InChI=1S/C28H38ClN5O/c1-2-24-19-34(25-12-15-32(16-13-25)27-5-3-4-14-30-27)26(17-21-6-8-22(29)9-7-21)18-33(24)20-28(35)31-23-10-11-23/h3-9,14,23-26H,2,10-13,15-20H2,1H3,(H,31,35)/t24-,26-/m0/s1. The molecule has 2 aliphatic heterocycles. The summed E-state index contributed by atoms with van der Waals surface area (Å²) in [6, 6.07) is 16.2. The van der Waals surface area contributed by atoms with E-state index in [0.717, 1.165) is 75.5 Å². The number of piperidine rings is 1. The van der Waals surface area contributed by atoms with Crippen LogP contribution in [0.25, 0.3) is 0 Å². The Labute approximate surface area is 214 Å². The number of nitrogens with zero attached hydrogens (tertiary/aromatic N) is 4. The maximum atomic E-state index is 12.7. The molecule has 0 unspecified atom stereocenters. The smallest absolute Gasteiger partial charge is 0.234 e. The highest BCUT2D eigenvalue weighted by molar-refractivity contribution is 6.30. The summed E-state index contributed by atoms with van der Waals surface area (Å²) in [7, 11) is 0. The van der Waals surface area contributed by atoms with Crippen LogP contribution in [-0.4, -0.2) is 77.6 Å². The predicted molar refractivity (Wildman–Crippen MR) is 142 cm³/mol. The van der Waals surface area contributed by atoms with E-state index in [1.165, 1.54) is 5.56 Å². The fourth-order valence-corrected chi connectivity index (χ4v) is 5.91. The first-order chi connectivity index (χ1) is 17.1. The molecule has 2 atom stereocenters. The van der Waals surface area contributed by atoms with Crippen LogP contribution in [-0.2, 0) is 11.2 Å². The van der Waals surface area contributed by atoms with Gasteiger partial charge in [-0.25, -0.2) is 4.98 Å². The van der Waals surface area contributed by atoms with Crippen LogP contribution in [0.1, 0.15) is 44.6 Å². The predicted octanol–water partition coefficient (Wildman–Crippen LogP) is 3.99. The lowest BCUT2D eigenvalue weighted by Crippen LogP contribution is -2.63. The maximum Gasteiger partial charge on any atom is 0.234 e. The number of pyridine rings is 1. The molecule has 188 valence electrons. The summed E-state index contributed by atoms with van der Waals surface area (Å²) in [5.41, 5.74) is 1.31. The van der Waals surface area contributed by atoms with Crippen molar-refractivity contribution in [2.75, 3.05) is 37.6 Å². The zero-order valence-electron chi connectivity index (χ0n) is 20.8. The molecule has 1 aliphatic carbocycles. The topological polar surface area (TPSA) is 51.7 Å². The Balaban J connectivity index is 1.29. The molecule has 2 saturated heterocycles.